The minimum Gasteiger partial charge on any atom is -0.370 e. The fourth-order valence-electron chi connectivity index (χ4n) is 2.47. The lowest BCUT2D eigenvalue weighted by Gasteiger charge is -2.33. The van der Waals surface area contributed by atoms with Gasteiger partial charge in [0.25, 0.3) is 0 Å². The summed E-state index contributed by atoms with van der Waals surface area (Å²) in [6.07, 6.45) is 2.65. The van der Waals surface area contributed by atoms with Gasteiger partial charge in [-0.2, -0.15) is 0 Å². The van der Waals surface area contributed by atoms with Gasteiger partial charge in [0.15, 0.2) is 0 Å². The molecular weight excluding hydrogens is 276 g/mol. The van der Waals surface area contributed by atoms with Gasteiger partial charge in [0.05, 0.1) is 5.69 Å². The maximum absolute atomic E-state index is 5.90. The molecule has 0 saturated carbocycles. The van der Waals surface area contributed by atoms with Crippen molar-refractivity contribution < 1.29 is 0 Å². The standard InChI is InChI=1S/C14H21BrN2/c1-10-4-3-7-17(9-10)14-6-5-12(11(2)16)8-13(14)15/h5-6,8,10-11H,3-4,7,9,16H2,1-2H3/t10?,11-/m1/s1. The van der Waals surface area contributed by atoms with Gasteiger partial charge >= 0.3 is 0 Å². The van der Waals surface area contributed by atoms with Crippen molar-refractivity contribution in [3.63, 3.8) is 0 Å². The summed E-state index contributed by atoms with van der Waals surface area (Å²) in [6, 6.07) is 6.59. The van der Waals surface area contributed by atoms with E-state index in [4.69, 9.17) is 5.73 Å². The Hall–Kier alpha value is -0.540. The molecule has 0 aliphatic carbocycles. The minimum absolute atomic E-state index is 0.0978. The first-order chi connectivity index (χ1) is 8.08. The summed E-state index contributed by atoms with van der Waals surface area (Å²) in [5.41, 5.74) is 8.39. The summed E-state index contributed by atoms with van der Waals surface area (Å²) >= 11 is 3.67. The molecule has 1 heterocycles. The van der Waals surface area contributed by atoms with E-state index >= 15 is 0 Å². The van der Waals surface area contributed by atoms with Crippen molar-refractivity contribution in [1.29, 1.82) is 0 Å². The van der Waals surface area contributed by atoms with Gasteiger partial charge in [-0.15, -0.1) is 0 Å². The summed E-state index contributed by atoms with van der Waals surface area (Å²) in [7, 11) is 0. The fraction of sp³-hybridized carbons (Fsp3) is 0.571. The minimum atomic E-state index is 0.0978. The molecule has 1 aromatic rings. The van der Waals surface area contributed by atoms with Gasteiger partial charge in [0, 0.05) is 23.6 Å². The molecule has 0 amide bonds. The first kappa shape index (κ1) is 12.9. The lowest BCUT2D eigenvalue weighted by Crippen LogP contribution is -2.34. The molecule has 0 spiro atoms. The number of hydrogen-bond donors (Lipinski definition) is 1. The van der Waals surface area contributed by atoms with Gasteiger partial charge in [-0.3, -0.25) is 0 Å². The van der Waals surface area contributed by atoms with Crippen LogP contribution in [-0.4, -0.2) is 13.1 Å². The molecule has 0 radical (unpaired) electrons. The highest BCUT2D eigenvalue weighted by atomic mass is 79.9. The quantitative estimate of drug-likeness (QED) is 0.901. The van der Waals surface area contributed by atoms with Crippen LogP contribution in [0.5, 0.6) is 0 Å². The van der Waals surface area contributed by atoms with E-state index in [2.05, 4.69) is 46.0 Å². The number of nitrogens with two attached hydrogens (primary N) is 1. The Bertz CT molecular complexity index is 390. The number of piperidine rings is 1. The molecule has 1 unspecified atom stereocenters. The summed E-state index contributed by atoms with van der Waals surface area (Å²) in [5.74, 6) is 0.795. The summed E-state index contributed by atoms with van der Waals surface area (Å²) < 4.78 is 1.17. The first-order valence-electron chi connectivity index (χ1n) is 6.38. The van der Waals surface area contributed by atoms with Crippen molar-refractivity contribution in [3.05, 3.63) is 28.2 Å². The van der Waals surface area contributed by atoms with E-state index < -0.39 is 0 Å². The molecule has 2 rings (SSSR count). The number of hydrogen-bond acceptors (Lipinski definition) is 2. The molecule has 94 valence electrons. The van der Waals surface area contributed by atoms with Gasteiger partial charge in [0.1, 0.15) is 0 Å². The molecule has 1 aliphatic heterocycles. The molecule has 1 aromatic carbocycles. The molecule has 2 atom stereocenters. The van der Waals surface area contributed by atoms with Crippen LogP contribution in [0.2, 0.25) is 0 Å². The molecule has 0 bridgehead atoms. The largest absolute Gasteiger partial charge is 0.370 e. The number of rotatable bonds is 2. The Morgan fingerprint density at radius 1 is 1.47 bits per heavy atom. The van der Waals surface area contributed by atoms with Gasteiger partial charge in [-0.25, -0.2) is 0 Å². The van der Waals surface area contributed by atoms with E-state index in [1.165, 1.54) is 35.1 Å². The average molecular weight is 297 g/mol. The number of halogens is 1. The summed E-state index contributed by atoms with van der Waals surface area (Å²) in [6.45, 7) is 6.68. The highest BCUT2D eigenvalue weighted by molar-refractivity contribution is 9.10. The number of nitrogens with zero attached hydrogens (tertiary/aromatic N) is 1. The Balaban J connectivity index is 2.21. The Kier molecular flexibility index (Phi) is 4.10. The second-order valence-electron chi connectivity index (χ2n) is 5.19. The van der Waals surface area contributed by atoms with Crippen LogP contribution in [0, 0.1) is 5.92 Å². The third-order valence-electron chi connectivity index (χ3n) is 3.50. The second kappa shape index (κ2) is 5.40. The highest BCUT2D eigenvalue weighted by Gasteiger charge is 2.18. The highest BCUT2D eigenvalue weighted by Crippen LogP contribution is 2.31. The van der Waals surface area contributed by atoms with Crippen molar-refractivity contribution in [3.8, 4) is 0 Å². The summed E-state index contributed by atoms with van der Waals surface area (Å²) in [4.78, 5) is 2.48. The zero-order valence-corrected chi connectivity index (χ0v) is 12.2. The zero-order valence-electron chi connectivity index (χ0n) is 10.6. The number of benzene rings is 1. The lowest BCUT2D eigenvalue weighted by molar-refractivity contribution is 0.446. The van der Waals surface area contributed by atoms with Crippen molar-refractivity contribution in [2.75, 3.05) is 18.0 Å². The van der Waals surface area contributed by atoms with E-state index in [1.54, 1.807) is 0 Å². The lowest BCUT2D eigenvalue weighted by atomic mass is 9.99. The molecule has 2 N–H and O–H groups in total. The Morgan fingerprint density at radius 2 is 2.24 bits per heavy atom. The molecular formula is C14H21BrN2. The van der Waals surface area contributed by atoms with E-state index in [0.29, 0.717) is 0 Å². The van der Waals surface area contributed by atoms with Crippen molar-refractivity contribution in [1.82, 2.24) is 0 Å². The molecule has 3 heteroatoms. The van der Waals surface area contributed by atoms with Crippen LogP contribution in [0.3, 0.4) is 0 Å². The van der Waals surface area contributed by atoms with Gasteiger partial charge in [-0.1, -0.05) is 13.0 Å². The maximum Gasteiger partial charge on any atom is 0.0510 e. The first-order valence-corrected chi connectivity index (χ1v) is 7.17. The van der Waals surface area contributed by atoms with Crippen LogP contribution in [-0.2, 0) is 0 Å². The van der Waals surface area contributed by atoms with Crippen LogP contribution in [0.25, 0.3) is 0 Å². The van der Waals surface area contributed by atoms with Gasteiger partial charge in [0.2, 0.25) is 0 Å². The van der Waals surface area contributed by atoms with E-state index in [-0.39, 0.29) is 6.04 Å². The number of anilines is 1. The van der Waals surface area contributed by atoms with Crippen LogP contribution >= 0.6 is 15.9 Å². The van der Waals surface area contributed by atoms with Crippen molar-refractivity contribution in [2.45, 2.75) is 32.7 Å². The monoisotopic (exact) mass is 296 g/mol. The Morgan fingerprint density at radius 3 is 2.82 bits per heavy atom. The van der Waals surface area contributed by atoms with E-state index in [0.717, 1.165) is 12.5 Å². The van der Waals surface area contributed by atoms with Crippen molar-refractivity contribution in [2.24, 2.45) is 11.7 Å². The van der Waals surface area contributed by atoms with E-state index in [1.807, 2.05) is 6.92 Å². The van der Waals surface area contributed by atoms with Crippen molar-refractivity contribution >= 4 is 21.6 Å². The average Bonchev–Trinajstić information content (AvgIpc) is 2.28. The molecule has 2 nitrogen and oxygen atoms in total. The van der Waals surface area contributed by atoms with Crippen LogP contribution < -0.4 is 10.6 Å². The Labute approximate surface area is 112 Å². The predicted molar refractivity (Wildman–Crippen MR) is 77.4 cm³/mol. The van der Waals surface area contributed by atoms with Gasteiger partial charge < -0.3 is 10.6 Å². The van der Waals surface area contributed by atoms with Crippen LogP contribution in [0.15, 0.2) is 22.7 Å². The maximum atomic E-state index is 5.90. The third kappa shape index (κ3) is 3.02. The van der Waals surface area contributed by atoms with Gasteiger partial charge in [-0.05, 0) is 59.3 Å². The van der Waals surface area contributed by atoms with Crippen LogP contribution in [0.1, 0.15) is 38.3 Å². The predicted octanol–water partition coefficient (Wildman–Crippen LogP) is 3.71. The smallest absolute Gasteiger partial charge is 0.0510 e. The molecule has 1 fully saturated rings. The molecule has 17 heavy (non-hydrogen) atoms. The normalized spacial score (nSPS) is 22.6. The zero-order chi connectivity index (χ0) is 12.4. The topological polar surface area (TPSA) is 29.3 Å². The SMILES string of the molecule is CC1CCCN(c2ccc([C@@H](C)N)cc2Br)C1. The fourth-order valence-corrected chi connectivity index (χ4v) is 3.12. The molecule has 1 saturated heterocycles. The third-order valence-corrected chi connectivity index (χ3v) is 4.13. The molecule has 0 aromatic heterocycles. The van der Waals surface area contributed by atoms with Crippen LogP contribution in [0.4, 0.5) is 5.69 Å². The summed E-state index contributed by atoms with van der Waals surface area (Å²) in [5, 5.41) is 0. The molecule has 1 aliphatic rings. The van der Waals surface area contributed by atoms with E-state index in [9.17, 15) is 0 Å². The second-order valence-corrected chi connectivity index (χ2v) is 6.05.